The molecule has 0 saturated carbocycles. The van der Waals surface area contributed by atoms with E-state index >= 15 is 0 Å². The first-order valence-corrected chi connectivity index (χ1v) is 5.96. The van der Waals surface area contributed by atoms with Crippen molar-refractivity contribution in [3.63, 3.8) is 0 Å². The van der Waals surface area contributed by atoms with Gasteiger partial charge in [0, 0.05) is 31.9 Å². The normalized spacial score (nSPS) is 28.2. The number of rotatable bonds is 2. The Morgan fingerprint density at radius 1 is 1.12 bits per heavy atom. The number of ether oxygens (including phenoxy) is 1. The average molecular weight is 218 g/mol. The van der Waals surface area contributed by atoms with Crippen molar-refractivity contribution in [3.8, 4) is 5.75 Å². The van der Waals surface area contributed by atoms with E-state index in [2.05, 4.69) is 22.3 Å². The smallest absolute Gasteiger partial charge is 0.119 e. The molecular weight excluding hydrogens is 200 g/mol. The first kappa shape index (κ1) is 9.97. The Labute approximate surface area is 96.4 Å². The average Bonchev–Trinajstić information content (AvgIpc) is 2.89. The van der Waals surface area contributed by atoms with Gasteiger partial charge in [0.2, 0.25) is 0 Å². The SMILES string of the molecule is COc1ccc(N2C[C@H]3CNC[C@H]3C2)cc1. The van der Waals surface area contributed by atoms with E-state index in [1.807, 2.05) is 12.1 Å². The fraction of sp³-hybridized carbons (Fsp3) is 0.538. The number of anilines is 1. The van der Waals surface area contributed by atoms with Gasteiger partial charge in [-0.1, -0.05) is 0 Å². The van der Waals surface area contributed by atoms with Crippen LogP contribution in [0.25, 0.3) is 0 Å². The second kappa shape index (κ2) is 3.98. The lowest BCUT2D eigenvalue weighted by molar-refractivity contribution is 0.415. The summed E-state index contributed by atoms with van der Waals surface area (Å²) >= 11 is 0. The lowest BCUT2D eigenvalue weighted by Crippen LogP contribution is -2.25. The highest BCUT2D eigenvalue weighted by atomic mass is 16.5. The maximum atomic E-state index is 5.18. The minimum absolute atomic E-state index is 0.849. The zero-order valence-corrected chi connectivity index (χ0v) is 9.65. The van der Waals surface area contributed by atoms with Crippen LogP contribution in [0.2, 0.25) is 0 Å². The van der Waals surface area contributed by atoms with Crippen LogP contribution in [0.4, 0.5) is 5.69 Å². The summed E-state index contributed by atoms with van der Waals surface area (Å²) in [6, 6.07) is 8.41. The first-order valence-electron chi connectivity index (χ1n) is 5.96. The van der Waals surface area contributed by atoms with Crippen molar-refractivity contribution in [2.45, 2.75) is 0 Å². The van der Waals surface area contributed by atoms with Crippen molar-refractivity contribution >= 4 is 5.69 Å². The van der Waals surface area contributed by atoms with Crippen LogP contribution in [0.3, 0.4) is 0 Å². The van der Waals surface area contributed by atoms with Crippen LogP contribution in [-0.2, 0) is 0 Å². The number of benzene rings is 1. The van der Waals surface area contributed by atoms with Gasteiger partial charge in [0.1, 0.15) is 5.75 Å². The second-order valence-corrected chi connectivity index (χ2v) is 4.78. The molecule has 0 aromatic heterocycles. The van der Waals surface area contributed by atoms with Crippen molar-refractivity contribution in [1.29, 1.82) is 0 Å². The summed E-state index contributed by atoms with van der Waals surface area (Å²) in [5, 5.41) is 3.47. The van der Waals surface area contributed by atoms with Crippen LogP contribution in [0.1, 0.15) is 0 Å². The van der Waals surface area contributed by atoms with Crippen LogP contribution in [0, 0.1) is 11.8 Å². The Kier molecular flexibility index (Phi) is 2.48. The van der Waals surface area contributed by atoms with E-state index in [1.165, 1.54) is 31.9 Å². The third-order valence-electron chi connectivity index (χ3n) is 3.83. The van der Waals surface area contributed by atoms with Gasteiger partial charge in [-0.05, 0) is 36.1 Å². The molecule has 1 aromatic carbocycles. The van der Waals surface area contributed by atoms with E-state index in [0.29, 0.717) is 0 Å². The van der Waals surface area contributed by atoms with Crippen molar-refractivity contribution in [2.24, 2.45) is 11.8 Å². The van der Waals surface area contributed by atoms with Crippen LogP contribution in [0.15, 0.2) is 24.3 Å². The summed E-state index contributed by atoms with van der Waals surface area (Å²) in [4.78, 5) is 2.50. The van der Waals surface area contributed by atoms with E-state index in [4.69, 9.17) is 4.74 Å². The summed E-state index contributed by atoms with van der Waals surface area (Å²) in [6.07, 6.45) is 0. The van der Waals surface area contributed by atoms with Gasteiger partial charge in [0.15, 0.2) is 0 Å². The monoisotopic (exact) mass is 218 g/mol. The summed E-state index contributed by atoms with van der Waals surface area (Å²) < 4.78 is 5.18. The van der Waals surface area contributed by atoms with Crippen LogP contribution < -0.4 is 15.0 Å². The van der Waals surface area contributed by atoms with Gasteiger partial charge >= 0.3 is 0 Å². The molecule has 1 aromatic rings. The molecule has 2 saturated heterocycles. The molecule has 2 aliphatic heterocycles. The van der Waals surface area contributed by atoms with Gasteiger partial charge < -0.3 is 15.0 Å². The lowest BCUT2D eigenvalue weighted by Gasteiger charge is -2.19. The largest absolute Gasteiger partial charge is 0.497 e. The maximum absolute atomic E-state index is 5.18. The Balaban J connectivity index is 1.73. The number of nitrogens with zero attached hydrogens (tertiary/aromatic N) is 1. The zero-order valence-electron chi connectivity index (χ0n) is 9.65. The highest BCUT2D eigenvalue weighted by Gasteiger charge is 2.35. The molecule has 2 heterocycles. The number of nitrogens with one attached hydrogen (secondary N) is 1. The fourth-order valence-corrected chi connectivity index (χ4v) is 2.86. The van der Waals surface area contributed by atoms with E-state index in [-0.39, 0.29) is 0 Å². The van der Waals surface area contributed by atoms with Crippen molar-refractivity contribution in [3.05, 3.63) is 24.3 Å². The predicted molar refractivity (Wildman–Crippen MR) is 65.1 cm³/mol. The quantitative estimate of drug-likeness (QED) is 0.811. The molecule has 0 spiro atoms. The fourth-order valence-electron chi connectivity index (χ4n) is 2.86. The molecular formula is C13H18N2O. The minimum Gasteiger partial charge on any atom is -0.497 e. The van der Waals surface area contributed by atoms with Gasteiger partial charge in [-0.25, -0.2) is 0 Å². The molecule has 2 aliphatic rings. The van der Waals surface area contributed by atoms with Crippen molar-refractivity contribution < 1.29 is 4.74 Å². The van der Waals surface area contributed by atoms with Gasteiger partial charge in [-0.3, -0.25) is 0 Å². The Hall–Kier alpha value is -1.22. The van der Waals surface area contributed by atoms with Crippen LogP contribution in [0.5, 0.6) is 5.75 Å². The molecule has 3 nitrogen and oxygen atoms in total. The highest BCUT2D eigenvalue weighted by molar-refractivity contribution is 5.50. The summed E-state index contributed by atoms with van der Waals surface area (Å²) in [7, 11) is 1.71. The molecule has 0 amide bonds. The molecule has 16 heavy (non-hydrogen) atoms. The zero-order chi connectivity index (χ0) is 11.0. The number of hydrogen-bond donors (Lipinski definition) is 1. The van der Waals surface area contributed by atoms with Gasteiger partial charge in [0.05, 0.1) is 7.11 Å². The molecule has 0 bridgehead atoms. The maximum Gasteiger partial charge on any atom is 0.119 e. The standard InChI is InChI=1S/C13H18N2O/c1-16-13-4-2-12(3-5-13)15-8-10-6-14-7-11(10)9-15/h2-5,10-11,14H,6-9H2,1H3/t10-,11+. The minimum atomic E-state index is 0.849. The summed E-state index contributed by atoms with van der Waals surface area (Å²) in [5.41, 5.74) is 1.33. The van der Waals surface area contributed by atoms with Crippen molar-refractivity contribution in [1.82, 2.24) is 5.32 Å². The molecule has 1 N–H and O–H groups in total. The van der Waals surface area contributed by atoms with Crippen LogP contribution in [-0.4, -0.2) is 33.3 Å². The third-order valence-corrected chi connectivity index (χ3v) is 3.83. The molecule has 0 radical (unpaired) electrons. The topological polar surface area (TPSA) is 24.5 Å². The van der Waals surface area contributed by atoms with E-state index in [1.54, 1.807) is 7.11 Å². The molecule has 2 atom stereocenters. The lowest BCUT2D eigenvalue weighted by atomic mass is 10.0. The van der Waals surface area contributed by atoms with Gasteiger partial charge in [-0.15, -0.1) is 0 Å². The second-order valence-electron chi connectivity index (χ2n) is 4.78. The van der Waals surface area contributed by atoms with Gasteiger partial charge in [0.25, 0.3) is 0 Å². The summed E-state index contributed by atoms with van der Waals surface area (Å²) in [5.74, 6) is 2.63. The molecule has 0 aliphatic carbocycles. The molecule has 3 rings (SSSR count). The Morgan fingerprint density at radius 3 is 2.31 bits per heavy atom. The number of hydrogen-bond acceptors (Lipinski definition) is 3. The van der Waals surface area contributed by atoms with E-state index < -0.39 is 0 Å². The summed E-state index contributed by atoms with van der Waals surface area (Å²) in [6.45, 7) is 4.78. The number of fused-ring (bicyclic) bond motifs is 1. The molecule has 2 fully saturated rings. The van der Waals surface area contributed by atoms with Crippen LogP contribution >= 0.6 is 0 Å². The van der Waals surface area contributed by atoms with Crippen molar-refractivity contribution in [2.75, 3.05) is 38.2 Å². The van der Waals surface area contributed by atoms with E-state index in [9.17, 15) is 0 Å². The highest BCUT2D eigenvalue weighted by Crippen LogP contribution is 2.31. The molecule has 0 unspecified atom stereocenters. The third kappa shape index (κ3) is 1.65. The Bertz CT molecular complexity index is 351. The van der Waals surface area contributed by atoms with E-state index in [0.717, 1.165) is 17.6 Å². The predicted octanol–water partition coefficient (Wildman–Crippen LogP) is 1.35. The first-order chi connectivity index (χ1) is 7.86. The Morgan fingerprint density at radius 2 is 1.75 bits per heavy atom. The molecule has 3 heteroatoms. The number of methoxy groups -OCH3 is 1. The molecule has 86 valence electrons. The van der Waals surface area contributed by atoms with Gasteiger partial charge in [-0.2, -0.15) is 0 Å².